The molecule has 0 aliphatic rings. The van der Waals surface area contributed by atoms with Crippen LogP contribution in [0, 0.1) is 0 Å². The maximum absolute atomic E-state index is 11.5. The van der Waals surface area contributed by atoms with Crippen LogP contribution in [0.25, 0.3) is 5.69 Å². The van der Waals surface area contributed by atoms with Crippen LogP contribution in [0.4, 0.5) is 4.79 Å². The van der Waals surface area contributed by atoms with E-state index in [1.54, 1.807) is 31.8 Å². The molecule has 0 aliphatic carbocycles. The van der Waals surface area contributed by atoms with Gasteiger partial charge in [-0.05, 0) is 45.4 Å². The molecule has 0 spiro atoms. The van der Waals surface area contributed by atoms with E-state index in [4.69, 9.17) is 4.74 Å². The molecule has 0 aliphatic heterocycles. The summed E-state index contributed by atoms with van der Waals surface area (Å²) in [4.78, 5) is 15.4. The second-order valence-electron chi connectivity index (χ2n) is 5.70. The molecule has 0 fully saturated rings. The number of aromatic nitrogens is 3. The molecule has 0 saturated carbocycles. The highest BCUT2D eigenvalue weighted by Gasteiger charge is 2.15. The number of hydrogen-bond donors (Lipinski definition) is 1. The SMILES string of the molecule is C/C(=N/NC(=O)OC(C)(C)C)c1ccc(-n2cncn2)cc1. The monoisotopic (exact) mass is 301 g/mol. The quantitative estimate of drug-likeness (QED) is 0.697. The topological polar surface area (TPSA) is 81.4 Å². The van der Waals surface area contributed by atoms with Crippen LogP contribution in [0.1, 0.15) is 33.3 Å². The molecule has 1 amide bonds. The third kappa shape index (κ3) is 4.41. The minimum atomic E-state index is -0.578. The molecule has 0 saturated heterocycles. The summed E-state index contributed by atoms with van der Waals surface area (Å²) >= 11 is 0. The van der Waals surface area contributed by atoms with Gasteiger partial charge >= 0.3 is 6.09 Å². The number of ether oxygens (including phenoxy) is 1. The molecule has 0 unspecified atom stereocenters. The first-order valence-electron chi connectivity index (χ1n) is 6.84. The minimum absolute atomic E-state index is 0.549. The molecule has 22 heavy (non-hydrogen) atoms. The Kier molecular flexibility index (Phi) is 4.55. The summed E-state index contributed by atoms with van der Waals surface area (Å²) in [6.45, 7) is 7.20. The van der Waals surface area contributed by atoms with Crippen molar-refractivity contribution in [3.63, 3.8) is 0 Å². The number of nitrogens with zero attached hydrogens (tertiary/aromatic N) is 4. The minimum Gasteiger partial charge on any atom is -0.443 e. The Balaban J connectivity index is 2.02. The molecule has 2 rings (SSSR count). The van der Waals surface area contributed by atoms with E-state index in [0.717, 1.165) is 11.3 Å². The van der Waals surface area contributed by atoms with Crippen molar-refractivity contribution in [3.8, 4) is 5.69 Å². The summed E-state index contributed by atoms with van der Waals surface area (Å²) in [5, 5.41) is 8.08. The number of hydrogen-bond acceptors (Lipinski definition) is 5. The lowest BCUT2D eigenvalue weighted by atomic mass is 10.1. The van der Waals surface area contributed by atoms with Gasteiger partial charge in [0.25, 0.3) is 0 Å². The third-order valence-corrected chi connectivity index (χ3v) is 2.68. The Morgan fingerprint density at radius 3 is 2.50 bits per heavy atom. The molecule has 1 N–H and O–H groups in total. The lowest BCUT2D eigenvalue weighted by Crippen LogP contribution is -2.30. The number of rotatable bonds is 3. The first kappa shape index (κ1) is 15.7. The third-order valence-electron chi connectivity index (χ3n) is 2.68. The van der Waals surface area contributed by atoms with Crippen LogP contribution < -0.4 is 5.43 Å². The van der Waals surface area contributed by atoms with Gasteiger partial charge in [0.2, 0.25) is 0 Å². The van der Waals surface area contributed by atoms with Gasteiger partial charge in [0, 0.05) is 0 Å². The van der Waals surface area contributed by atoms with Crippen molar-refractivity contribution >= 4 is 11.8 Å². The molecule has 7 nitrogen and oxygen atoms in total. The lowest BCUT2D eigenvalue weighted by Gasteiger charge is -2.18. The van der Waals surface area contributed by atoms with Crippen LogP contribution in [0.2, 0.25) is 0 Å². The fourth-order valence-corrected chi connectivity index (χ4v) is 1.69. The van der Waals surface area contributed by atoms with E-state index in [2.05, 4.69) is 20.6 Å². The summed E-state index contributed by atoms with van der Waals surface area (Å²) in [5.74, 6) is 0. The van der Waals surface area contributed by atoms with Gasteiger partial charge in [0.1, 0.15) is 18.3 Å². The van der Waals surface area contributed by atoms with Gasteiger partial charge in [0.05, 0.1) is 11.4 Å². The highest BCUT2D eigenvalue weighted by atomic mass is 16.6. The van der Waals surface area contributed by atoms with Crippen LogP contribution in [0.3, 0.4) is 0 Å². The van der Waals surface area contributed by atoms with Crippen molar-refractivity contribution in [1.82, 2.24) is 20.2 Å². The van der Waals surface area contributed by atoms with Gasteiger partial charge in [0.15, 0.2) is 0 Å². The molecule has 0 atom stereocenters. The average Bonchev–Trinajstić information content (AvgIpc) is 2.97. The summed E-state index contributed by atoms with van der Waals surface area (Å²) in [6.07, 6.45) is 2.52. The van der Waals surface area contributed by atoms with E-state index in [-0.39, 0.29) is 0 Å². The molecule has 0 bridgehead atoms. The van der Waals surface area contributed by atoms with E-state index in [9.17, 15) is 4.79 Å². The number of hydrazone groups is 1. The number of nitrogens with one attached hydrogen (secondary N) is 1. The second kappa shape index (κ2) is 6.38. The van der Waals surface area contributed by atoms with Gasteiger partial charge in [-0.25, -0.2) is 19.9 Å². The Hall–Kier alpha value is -2.70. The van der Waals surface area contributed by atoms with Crippen LogP contribution in [-0.2, 0) is 4.74 Å². The van der Waals surface area contributed by atoms with E-state index < -0.39 is 11.7 Å². The number of carbonyl (C=O) groups is 1. The predicted octanol–water partition coefficient (Wildman–Crippen LogP) is 2.52. The molecule has 7 heteroatoms. The fraction of sp³-hybridized carbons (Fsp3) is 0.333. The zero-order valence-corrected chi connectivity index (χ0v) is 13.1. The molecule has 0 radical (unpaired) electrons. The normalized spacial score (nSPS) is 12.1. The Morgan fingerprint density at radius 1 is 1.27 bits per heavy atom. The Bertz CT molecular complexity index is 654. The van der Waals surface area contributed by atoms with Crippen molar-refractivity contribution < 1.29 is 9.53 Å². The van der Waals surface area contributed by atoms with Crippen molar-refractivity contribution in [3.05, 3.63) is 42.5 Å². The van der Waals surface area contributed by atoms with E-state index in [0.29, 0.717) is 5.71 Å². The highest BCUT2D eigenvalue weighted by Crippen LogP contribution is 2.09. The van der Waals surface area contributed by atoms with E-state index in [1.165, 1.54) is 6.33 Å². The first-order valence-corrected chi connectivity index (χ1v) is 6.84. The smallest absolute Gasteiger partial charge is 0.428 e. The van der Waals surface area contributed by atoms with E-state index in [1.807, 2.05) is 31.2 Å². The van der Waals surface area contributed by atoms with Crippen molar-refractivity contribution in [1.29, 1.82) is 0 Å². The summed E-state index contributed by atoms with van der Waals surface area (Å²) < 4.78 is 6.78. The number of amides is 1. The lowest BCUT2D eigenvalue weighted by molar-refractivity contribution is 0.0529. The molecular weight excluding hydrogens is 282 g/mol. The molecule has 1 heterocycles. The van der Waals surface area contributed by atoms with Gasteiger partial charge < -0.3 is 4.74 Å². The summed E-state index contributed by atoms with van der Waals surface area (Å²) in [7, 11) is 0. The largest absolute Gasteiger partial charge is 0.443 e. The van der Waals surface area contributed by atoms with Crippen molar-refractivity contribution in [2.45, 2.75) is 33.3 Å². The summed E-state index contributed by atoms with van der Waals surface area (Å²) in [5.41, 5.74) is 4.29. The second-order valence-corrected chi connectivity index (χ2v) is 5.70. The fourth-order valence-electron chi connectivity index (χ4n) is 1.69. The van der Waals surface area contributed by atoms with Crippen molar-refractivity contribution in [2.24, 2.45) is 5.10 Å². The van der Waals surface area contributed by atoms with Gasteiger partial charge in [-0.1, -0.05) is 12.1 Å². The summed E-state index contributed by atoms with van der Waals surface area (Å²) in [6, 6.07) is 7.59. The first-order chi connectivity index (χ1) is 10.3. The standard InChI is InChI=1S/C15H19N5O2/c1-11(18-19-14(21)22-15(2,3)4)12-5-7-13(8-6-12)20-10-16-9-17-20/h5-10H,1-4H3,(H,19,21)/b18-11-. The van der Waals surface area contributed by atoms with E-state index >= 15 is 0 Å². The number of carbonyl (C=O) groups excluding carboxylic acids is 1. The van der Waals surface area contributed by atoms with Crippen molar-refractivity contribution in [2.75, 3.05) is 0 Å². The molecule has 2 aromatic rings. The Morgan fingerprint density at radius 2 is 1.95 bits per heavy atom. The van der Waals surface area contributed by atoms with Crippen LogP contribution >= 0.6 is 0 Å². The maximum atomic E-state index is 11.5. The molecule has 1 aromatic carbocycles. The van der Waals surface area contributed by atoms with Gasteiger partial charge in [-0.2, -0.15) is 10.2 Å². The highest BCUT2D eigenvalue weighted by molar-refractivity contribution is 5.99. The molecule has 116 valence electrons. The maximum Gasteiger partial charge on any atom is 0.428 e. The van der Waals surface area contributed by atoms with Crippen LogP contribution in [-0.4, -0.2) is 32.2 Å². The molecule has 1 aromatic heterocycles. The van der Waals surface area contributed by atoms with Crippen LogP contribution in [0.5, 0.6) is 0 Å². The zero-order valence-electron chi connectivity index (χ0n) is 13.1. The van der Waals surface area contributed by atoms with Gasteiger partial charge in [-0.3, -0.25) is 0 Å². The Labute approximate surface area is 129 Å². The number of benzene rings is 1. The van der Waals surface area contributed by atoms with Gasteiger partial charge in [-0.15, -0.1) is 0 Å². The zero-order chi connectivity index (χ0) is 16.2. The molecular formula is C15H19N5O2. The average molecular weight is 301 g/mol. The van der Waals surface area contributed by atoms with Crippen LogP contribution in [0.15, 0.2) is 42.0 Å². The predicted molar refractivity (Wildman–Crippen MR) is 82.9 cm³/mol.